The molecule has 0 aliphatic carbocycles. The van der Waals surface area contributed by atoms with E-state index in [1.54, 1.807) is 17.0 Å². The van der Waals surface area contributed by atoms with Gasteiger partial charge < -0.3 is 19.6 Å². The van der Waals surface area contributed by atoms with Crippen LogP contribution >= 0.6 is 0 Å². The highest BCUT2D eigenvalue weighted by Gasteiger charge is 2.45. The highest BCUT2D eigenvalue weighted by molar-refractivity contribution is 6.46. The predicted molar refractivity (Wildman–Crippen MR) is 150 cm³/mol. The third-order valence-electron chi connectivity index (χ3n) is 7.05. The van der Waals surface area contributed by atoms with Gasteiger partial charge in [-0.15, -0.1) is 0 Å². The molecule has 6 nitrogen and oxygen atoms in total. The van der Waals surface area contributed by atoms with Crippen LogP contribution in [0.25, 0.3) is 5.76 Å². The molecule has 1 aliphatic rings. The summed E-state index contributed by atoms with van der Waals surface area (Å²) < 4.78 is 6.04. The number of benzene rings is 3. The minimum Gasteiger partial charge on any atom is -0.507 e. The van der Waals surface area contributed by atoms with E-state index in [-0.39, 0.29) is 11.3 Å². The van der Waals surface area contributed by atoms with Gasteiger partial charge in [0.2, 0.25) is 0 Å². The van der Waals surface area contributed by atoms with Crippen LogP contribution in [0.15, 0.2) is 84.4 Å². The first kappa shape index (κ1) is 27.1. The van der Waals surface area contributed by atoms with Crippen LogP contribution in [0, 0.1) is 6.92 Å². The van der Waals surface area contributed by atoms with E-state index in [0.29, 0.717) is 24.5 Å². The van der Waals surface area contributed by atoms with E-state index in [2.05, 4.69) is 18.7 Å². The number of ketones is 1. The number of likely N-dealkylation sites (tertiary alicyclic amines) is 1. The van der Waals surface area contributed by atoms with Crippen molar-refractivity contribution in [1.29, 1.82) is 0 Å². The van der Waals surface area contributed by atoms with Crippen LogP contribution in [-0.4, -0.2) is 52.8 Å². The van der Waals surface area contributed by atoms with Crippen LogP contribution < -0.4 is 4.74 Å². The summed E-state index contributed by atoms with van der Waals surface area (Å²) >= 11 is 0. The molecule has 1 unspecified atom stereocenters. The number of amides is 1. The minimum atomic E-state index is -0.701. The maximum absolute atomic E-state index is 13.3. The van der Waals surface area contributed by atoms with Crippen molar-refractivity contribution in [2.45, 2.75) is 39.8 Å². The number of aliphatic hydroxyl groups is 1. The first-order valence-corrected chi connectivity index (χ1v) is 13.3. The van der Waals surface area contributed by atoms with Crippen LogP contribution in [0.3, 0.4) is 0 Å². The van der Waals surface area contributed by atoms with Gasteiger partial charge in [-0.1, -0.05) is 86.1 Å². The van der Waals surface area contributed by atoms with E-state index >= 15 is 0 Å². The molecule has 1 saturated heterocycles. The van der Waals surface area contributed by atoms with Gasteiger partial charge in [-0.3, -0.25) is 9.59 Å². The summed E-state index contributed by atoms with van der Waals surface area (Å²) in [4.78, 5) is 30.5. The van der Waals surface area contributed by atoms with Gasteiger partial charge in [-0.2, -0.15) is 0 Å². The molecule has 0 saturated carbocycles. The SMILES string of the molecule is CCN(CC)CCCN1C(=O)C(=O)/C(=C(/O)c2ccc(C)cc2)C1c1cccc(OCc2ccccc2)c1. The van der Waals surface area contributed by atoms with Crippen LogP contribution in [0.1, 0.15) is 48.6 Å². The van der Waals surface area contributed by atoms with Crippen molar-refractivity contribution < 1.29 is 19.4 Å². The van der Waals surface area contributed by atoms with Crippen molar-refractivity contribution in [3.8, 4) is 5.75 Å². The molecule has 1 amide bonds. The third kappa shape index (κ3) is 6.14. The highest BCUT2D eigenvalue weighted by atomic mass is 16.5. The van der Waals surface area contributed by atoms with Crippen LogP contribution in [0.4, 0.5) is 0 Å². The standard InChI is InChI=1S/C32H36N2O4/c1-4-33(5-2)19-10-20-34-29(26-13-9-14-27(21-26)38-22-24-11-7-6-8-12-24)28(31(36)32(34)37)30(35)25-17-15-23(3)16-18-25/h6-9,11-18,21,29,35H,4-5,10,19-20,22H2,1-3H3/b30-28+. The zero-order valence-electron chi connectivity index (χ0n) is 22.4. The van der Waals surface area contributed by atoms with Crippen molar-refractivity contribution in [1.82, 2.24) is 9.80 Å². The molecule has 4 rings (SSSR count). The molecule has 0 spiro atoms. The maximum atomic E-state index is 13.3. The molecule has 198 valence electrons. The van der Waals surface area contributed by atoms with Gasteiger partial charge in [0.15, 0.2) is 0 Å². The Hall–Kier alpha value is -3.90. The van der Waals surface area contributed by atoms with Crippen LogP contribution in [0.2, 0.25) is 0 Å². The number of aliphatic hydroxyl groups excluding tert-OH is 1. The minimum absolute atomic E-state index is 0.113. The fourth-order valence-electron chi connectivity index (χ4n) is 4.84. The fraction of sp³-hybridized carbons (Fsp3) is 0.312. The van der Waals surface area contributed by atoms with Crippen LogP contribution in [0.5, 0.6) is 5.75 Å². The number of aryl methyl sites for hydroxylation is 1. The Morgan fingerprint density at radius 2 is 1.66 bits per heavy atom. The molecule has 3 aromatic carbocycles. The molecule has 38 heavy (non-hydrogen) atoms. The smallest absolute Gasteiger partial charge is 0.295 e. The topological polar surface area (TPSA) is 70.1 Å². The van der Waals surface area contributed by atoms with Gasteiger partial charge in [-0.05, 0) is 56.2 Å². The van der Waals surface area contributed by atoms with Gasteiger partial charge in [0.1, 0.15) is 18.1 Å². The van der Waals surface area contributed by atoms with E-state index in [0.717, 1.165) is 42.7 Å². The lowest BCUT2D eigenvalue weighted by molar-refractivity contribution is -0.140. The molecule has 0 aromatic heterocycles. The highest BCUT2D eigenvalue weighted by Crippen LogP contribution is 2.40. The molecule has 3 aromatic rings. The van der Waals surface area contributed by atoms with E-state index in [1.807, 2.05) is 73.7 Å². The Kier molecular flexibility index (Phi) is 8.98. The number of rotatable bonds is 11. The first-order valence-electron chi connectivity index (χ1n) is 13.3. The summed E-state index contributed by atoms with van der Waals surface area (Å²) in [7, 11) is 0. The maximum Gasteiger partial charge on any atom is 0.295 e. The zero-order valence-corrected chi connectivity index (χ0v) is 22.4. The Morgan fingerprint density at radius 3 is 2.34 bits per heavy atom. The Morgan fingerprint density at radius 1 is 0.947 bits per heavy atom. The fourth-order valence-corrected chi connectivity index (χ4v) is 4.84. The molecular weight excluding hydrogens is 476 g/mol. The molecule has 1 fully saturated rings. The lowest BCUT2D eigenvalue weighted by Gasteiger charge is -2.27. The van der Waals surface area contributed by atoms with Crippen molar-refractivity contribution in [2.75, 3.05) is 26.2 Å². The molecule has 1 N–H and O–H groups in total. The lowest BCUT2D eigenvalue weighted by Crippen LogP contribution is -2.33. The number of nitrogens with zero attached hydrogens (tertiary/aromatic N) is 2. The molecular formula is C32H36N2O4. The normalized spacial score (nSPS) is 16.8. The average molecular weight is 513 g/mol. The summed E-state index contributed by atoms with van der Waals surface area (Å²) in [6.07, 6.45) is 0.722. The molecule has 1 atom stereocenters. The largest absolute Gasteiger partial charge is 0.507 e. The molecule has 6 heteroatoms. The van der Waals surface area contributed by atoms with Crippen molar-refractivity contribution in [2.24, 2.45) is 0 Å². The van der Waals surface area contributed by atoms with Gasteiger partial charge in [0, 0.05) is 12.1 Å². The van der Waals surface area contributed by atoms with Gasteiger partial charge in [0.05, 0.1) is 11.6 Å². The quantitative estimate of drug-likeness (QED) is 0.202. The second-order valence-corrected chi connectivity index (χ2v) is 9.59. The Balaban J connectivity index is 1.69. The molecule has 1 heterocycles. The van der Waals surface area contributed by atoms with E-state index < -0.39 is 17.7 Å². The van der Waals surface area contributed by atoms with Crippen LogP contribution in [-0.2, 0) is 16.2 Å². The number of Topliss-reactive ketones (excluding diaryl/α,β-unsaturated/α-hetero) is 1. The van der Waals surface area contributed by atoms with Crippen molar-refractivity contribution in [3.05, 3.63) is 107 Å². The van der Waals surface area contributed by atoms with E-state index in [9.17, 15) is 14.7 Å². The average Bonchev–Trinajstić information content (AvgIpc) is 3.20. The Bertz CT molecular complexity index is 1280. The monoisotopic (exact) mass is 512 g/mol. The Labute approximate surface area is 225 Å². The number of hydrogen-bond donors (Lipinski definition) is 1. The molecule has 0 radical (unpaired) electrons. The summed E-state index contributed by atoms with van der Waals surface area (Å²) in [5, 5.41) is 11.3. The number of hydrogen-bond acceptors (Lipinski definition) is 5. The van der Waals surface area contributed by atoms with Crippen molar-refractivity contribution in [3.63, 3.8) is 0 Å². The van der Waals surface area contributed by atoms with Gasteiger partial charge in [0.25, 0.3) is 11.7 Å². The third-order valence-corrected chi connectivity index (χ3v) is 7.05. The number of ether oxygens (including phenoxy) is 1. The number of carbonyl (C=O) groups is 2. The predicted octanol–water partition coefficient (Wildman–Crippen LogP) is 5.73. The van der Waals surface area contributed by atoms with Crippen molar-refractivity contribution >= 4 is 17.4 Å². The van der Waals surface area contributed by atoms with Gasteiger partial charge in [-0.25, -0.2) is 0 Å². The first-order chi connectivity index (χ1) is 18.4. The summed E-state index contributed by atoms with van der Waals surface area (Å²) in [6, 6.07) is 23.9. The second-order valence-electron chi connectivity index (χ2n) is 9.59. The van der Waals surface area contributed by atoms with E-state index in [4.69, 9.17) is 4.74 Å². The second kappa shape index (κ2) is 12.6. The van der Waals surface area contributed by atoms with E-state index in [1.165, 1.54) is 0 Å². The summed E-state index contributed by atoms with van der Waals surface area (Å²) in [5.74, 6) is -0.768. The number of carbonyl (C=O) groups excluding carboxylic acids is 2. The lowest BCUT2D eigenvalue weighted by atomic mass is 9.95. The molecule has 1 aliphatic heterocycles. The summed E-state index contributed by atoms with van der Waals surface area (Å²) in [6.45, 7) is 9.65. The molecule has 0 bridgehead atoms. The van der Waals surface area contributed by atoms with Gasteiger partial charge >= 0.3 is 0 Å². The zero-order chi connectivity index (χ0) is 27.1. The summed E-state index contributed by atoms with van der Waals surface area (Å²) in [5.41, 5.74) is 3.43.